The third kappa shape index (κ3) is 16.7. The largest absolute Gasteiger partial charge is 0.481 e. The van der Waals surface area contributed by atoms with Crippen LogP contribution in [0.1, 0.15) is 64.7 Å². The second-order valence-corrected chi connectivity index (χ2v) is 5.65. The van der Waals surface area contributed by atoms with Gasteiger partial charge in [-0.15, -0.1) is 0 Å². The maximum Gasteiger partial charge on any atom is 0.303 e. The van der Waals surface area contributed by atoms with Gasteiger partial charge in [0.1, 0.15) is 6.10 Å². The Kier molecular flexibility index (Phi) is 16.5. The highest BCUT2D eigenvalue weighted by molar-refractivity contribution is 5.66. The predicted octanol–water partition coefficient (Wildman–Crippen LogP) is 5.68. The number of hydrogen-bond acceptors (Lipinski definition) is 3. The second-order valence-electron chi connectivity index (χ2n) is 5.65. The first-order valence-electron chi connectivity index (χ1n) is 8.86. The summed E-state index contributed by atoms with van der Waals surface area (Å²) in [4.78, 5) is 14.8. The van der Waals surface area contributed by atoms with Crippen LogP contribution in [0.15, 0.2) is 48.6 Å². The summed E-state index contributed by atoms with van der Waals surface area (Å²) in [5.74, 6) is -0.748. The van der Waals surface area contributed by atoms with Crippen LogP contribution in [0.5, 0.6) is 0 Å². The SMILES string of the molecule is CCCCC/C=C/C=C/C(C/C=C/C/C=C/CCCC(=O)O)OO. The summed E-state index contributed by atoms with van der Waals surface area (Å²) in [6, 6.07) is 0. The van der Waals surface area contributed by atoms with Gasteiger partial charge in [0.15, 0.2) is 0 Å². The molecule has 0 aromatic carbocycles. The van der Waals surface area contributed by atoms with Crippen molar-refractivity contribution in [2.75, 3.05) is 0 Å². The summed E-state index contributed by atoms with van der Waals surface area (Å²) in [6.45, 7) is 2.19. The van der Waals surface area contributed by atoms with E-state index in [-0.39, 0.29) is 12.5 Å². The molecule has 1 atom stereocenters. The van der Waals surface area contributed by atoms with Crippen molar-refractivity contribution in [2.45, 2.75) is 70.8 Å². The number of carboxylic acid groups (broad SMARTS) is 1. The van der Waals surface area contributed by atoms with Gasteiger partial charge in [-0.3, -0.25) is 10.1 Å². The number of carbonyl (C=O) groups is 1. The lowest BCUT2D eigenvalue weighted by atomic mass is 10.2. The first kappa shape index (κ1) is 22.4. The molecule has 4 nitrogen and oxygen atoms in total. The van der Waals surface area contributed by atoms with Crippen molar-refractivity contribution in [3.8, 4) is 0 Å². The van der Waals surface area contributed by atoms with Crippen LogP contribution in [0.2, 0.25) is 0 Å². The van der Waals surface area contributed by atoms with Crippen molar-refractivity contribution in [3.05, 3.63) is 48.6 Å². The van der Waals surface area contributed by atoms with Crippen molar-refractivity contribution < 1.29 is 20.0 Å². The molecule has 1 unspecified atom stereocenters. The van der Waals surface area contributed by atoms with Gasteiger partial charge in [-0.25, -0.2) is 4.89 Å². The molecule has 4 heteroatoms. The number of rotatable bonds is 15. The number of aliphatic carboxylic acids is 1. The molecular formula is C20H32O4. The zero-order valence-electron chi connectivity index (χ0n) is 14.8. The van der Waals surface area contributed by atoms with E-state index in [0.29, 0.717) is 12.8 Å². The van der Waals surface area contributed by atoms with Gasteiger partial charge in [-0.2, -0.15) is 0 Å². The topological polar surface area (TPSA) is 66.8 Å². The molecule has 0 aliphatic rings. The summed E-state index contributed by atoms with van der Waals surface area (Å²) < 4.78 is 0. The highest BCUT2D eigenvalue weighted by Gasteiger charge is 1.99. The molecule has 0 rings (SSSR count). The summed E-state index contributed by atoms with van der Waals surface area (Å²) in [5.41, 5.74) is 0. The molecule has 0 fully saturated rings. The Bertz CT molecular complexity index is 408. The summed E-state index contributed by atoms with van der Waals surface area (Å²) in [5, 5.41) is 17.4. The van der Waals surface area contributed by atoms with Gasteiger partial charge < -0.3 is 5.11 Å². The molecule has 0 bridgehead atoms. The van der Waals surface area contributed by atoms with E-state index in [2.05, 4.69) is 17.9 Å². The van der Waals surface area contributed by atoms with Crippen molar-refractivity contribution >= 4 is 5.97 Å². The maximum absolute atomic E-state index is 10.3. The Labute approximate surface area is 146 Å². The minimum Gasteiger partial charge on any atom is -0.481 e. The van der Waals surface area contributed by atoms with E-state index in [1.165, 1.54) is 19.3 Å². The average molecular weight is 336 g/mol. The van der Waals surface area contributed by atoms with E-state index < -0.39 is 5.97 Å². The molecule has 0 spiro atoms. The zero-order chi connectivity index (χ0) is 17.9. The predicted molar refractivity (Wildman–Crippen MR) is 98.9 cm³/mol. The van der Waals surface area contributed by atoms with Crippen molar-refractivity contribution in [2.24, 2.45) is 0 Å². The van der Waals surface area contributed by atoms with E-state index in [9.17, 15) is 4.79 Å². The van der Waals surface area contributed by atoms with E-state index in [1.807, 2.05) is 42.5 Å². The van der Waals surface area contributed by atoms with E-state index >= 15 is 0 Å². The fourth-order valence-corrected chi connectivity index (χ4v) is 2.02. The van der Waals surface area contributed by atoms with Gasteiger partial charge >= 0.3 is 5.97 Å². The van der Waals surface area contributed by atoms with Crippen LogP contribution in [0, 0.1) is 0 Å². The third-order valence-electron chi connectivity index (χ3n) is 3.42. The quantitative estimate of drug-likeness (QED) is 0.133. The lowest BCUT2D eigenvalue weighted by molar-refractivity contribution is -0.264. The molecular weight excluding hydrogens is 304 g/mol. The van der Waals surface area contributed by atoms with E-state index in [0.717, 1.165) is 19.3 Å². The van der Waals surface area contributed by atoms with Crippen LogP contribution in [0.4, 0.5) is 0 Å². The molecule has 0 aromatic heterocycles. The summed E-state index contributed by atoms with van der Waals surface area (Å²) >= 11 is 0. The van der Waals surface area contributed by atoms with Crippen LogP contribution < -0.4 is 0 Å². The van der Waals surface area contributed by atoms with Crippen molar-refractivity contribution in [3.63, 3.8) is 0 Å². The molecule has 2 N–H and O–H groups in total. The van der Waals surface area contributed by atoms with Gasteiger partial charge in [0.05, 0.1) is 0 Å². The lowest BCUT2D eigenvalue weighted by Crippen LogP contribution is -2.04. The molecule has 24 heavy (non-hydrogen) atoms. The zero-order valence-corrected chi connectivity index (χ0v) is 14.8. The molecule has 0 heterocycles. The standard InChI is InChI=1S/C20H32O4/c1-2-3-4-5-7-10-13-16-19(24-23)17-14-11-8-6-9-12-15-18-20(21)22/h6-7,9-11,13-14,16,19,23H,2-5,8,12,15,17-18H2,1H3,(H,21,22)/b9-6+,10-7+,14-11+,16-13+. The molecule has 0 amide bonds. The lowest BCUT2D eigenvalue weighted by Gasteiger charge is -2.03. The number of allylic oxidation sites excluding steroid dienone is 6. The Balaban J connectivity index is 3.79. The fourth-order valence-electron chi connectivity index (χ4n) is 2.02. The van der Waals surface area contributed by atoms with Crippen LogP contribution in [-0.4, -0.2) is 22.4 Å². The monoisotopic (exact) mass is 336 g/mol. The molecule has 0 aliphatic carbocycles. The first-order valence-corrected chi connectivity index (χ1v) is 8.86. The van der Waals surface area contributed by atoms with Crippen LogP contribution in [-0.2, 0) is 9.68 Å². The first-order chi connectivity index (χ1) is 11.7. The van der Waals surface area contributed by atoms with Crippen molar-refractivity contribution in [1.82, 2.24) is 0 Å². The van der Waals surface area contributed by atoms with Gasteiger partial charge in [-0.1, -0.05) is 68.4 Å². The van der Waals surface area contributed by atoms with Gasteiger partial charge in [0.25, 0.3) is 0 Å². The molecule has 0 aliphatic heterocycles. The van der Waals surface area contributed by atoms with Gasteiger partial charge in [0, 0.05) is 6.42 Å². The maximum atomic E-state index is 10.3. The van der Waals surface area contributed by atoms with E-state index in [1.54, 1.807) is 0 Å². The third-order valence-corrected chi connectivity index (χ3v) is 3.42. The second kappa shape index (κ2) is 17.7. The smallest absolute Gasteiger partial charge is 0.303 e. The van der Waals surface area contributed by atoms with Crippen LogP contribution in [0.25, 0.3) is 0 Å². The Hall–Kier alpha value is -1.65. The average Bonchev–Trinajstić information content (AvgIpc) is 2.57. The minimum atomic E-state index is -0.748. The molecule has 0 saturated carbocycles. The Morgan fingerprint density at radius 2 is 1.75 bits per heavy atom. The number of carboxylic acids is 1. The normalized spacial score (nSPS) is 13.8. The Morgan fingerprint density at radius 3 is 2.46 bits per heavy atom. The molecule has 136 valence electrons. The van der Waals surface area contributed by atoms with Gasteiger partial charge in [-0.05, 0) is 38.5 Å². The van der Waals surface area contributed by atoms with Gasteiger partial charge in [0.2, 0.25) is 0 Å². The van der Waals surface area contributed by atoms with Crippen molar-refractivity contribution in [1.29, 1.82) is 0 Å². The molecule has 0 aromatic rings. The highest BCUT2D eigenvalue weighted by Crippen LogP contribution is 2.04. The number of unbranched alkanes of at least 4 members (excludes halogenated alkanes) is 4. The molecule has 0 radical (unpaired) electrons. The van der Waals surface area contributed by atoms with Crippen LogP contribution in [0.3, 0.4) is 0 Å². The van der Waals surface area contributed by atoms with E-state index in [4.69, 9.17) is 10.4 Å². The van der Waals surface area contributed by atoms with Crippen LogP contribution >= 0.6 is 0 Å². The fraction of sp³-hybridized carbons (Fsp3) is 0.550. The molecule has 0 saturated heterocycles. The number of hydrogen-bond donors (Lipinski definition) is 2. The highest BCUT2D eigenvalue weighted by atomic mass is 17.1. The summed E-state index contributed by atoms with van der Waals surface area (Å²) in [7, 11) is 0. The minimum absolute atomic E-state index is 0.217. The Morgan fingerprint density at radius 1 is 1.00 bits per heavy atom. The summed E-state index contributed by atoms with van der Waals surface area (Å²) in [6.07, 6.45) is 23.4.